The van der Waals surface area contributed by atoms with E-state index in [1.165, 1.54) is 0 Å². The Balaban J connectivity index is 1.60. The fourth-order valence-electron chi connectivity index (χ4n) is 6.58. The van der Waals surface area contributed by atoms with E-state index in [-0.39, 0.29) is 18.2 Å². The first kappa shape index (κ1) is 27.1. The molecule has 0 radical (unpaired) electrons. The fourth-order valence-corrected chi connectivity index (χ4v) is 7.13. The highest BCUT2D eigenvalue weighted by Gasteiger charge is 2.62. The van der Waals surface area contributed by atoms with Crippen LogP contribution in [0.5, 0.6) is 0 Å². The van der Waals surface area contributed by atoms with Gasteiger partial charge in [-0.05, 0) is 47.5 Å². The van der Waals surface area contributed by atoms with Gasteiger partial charge < -0.3 is 15.1 Å². The summed E-state index contributed by atoms with van der Waals surface area (Å²) < 4.78 is 0. The Morgan fingerprint density at radius 3 is 2.35 bits per heavy atom. The van der Waals surface area contributed by atoms with Gasteiger partial charge in [-0.2, -0.15) is 0 Å². The number of hydrogen-bond donors (Lipinski definition) is 1. The van der Waals surface area contributed by atoms with Crippen LogP contribution in [0.4, 0.5) is 11.4 Å². The maximum absolute atomic E-state index is 14.4. The molecule has 0 bridgehead atoms. The number of carbonyl (C=O) groups is 3. The van der Waals surface area contributed by atoms with Crippen LogP contribution in [-0.2, 0) is 32.8 Å². The summed E-state index contributed by atoms with van der Waals surface area (Å²) in [6, 6.07) is 18.3. The number of halogens is 3. The Morgan fingerprint density at radius 1 is 0.950 bits per heavy atom. The molecule has 10 heteroatoms. The number of nitrogens with zero attached hydrogens (tertiary/aromatic N) is 3. The molecule has 0 spiro atoms. The minimum absolute atomic E-state index is 0.00319. The molecule has 7 nitrogen and oxygen atoms in total. The van der Waals surface area contributed by atoms with Gasteiger partial charge in [-0.1, -0.05) is 59.1 Å². The molecule has 3 aromatic rings. The van der Waals surface area contributed by atoms with Crippen molar-refractivity contribution in [2.75, 3.05) is 36.4 Å². The van der Waals surface area contributed by atoms with Crippen molar-refractivity contribution >= 4 is 64.3 Å². The summed E-state index contributed by atoms with van der Waals surface area (Å²) in [4.78, 5) is 45.9. The molecule has 2 amide bonds. The molecule has 1 fully saturated rings. The summed E-state index contributed by atoms with van der Waals surface area (Å²) in [5.41, 5.74) is 1.22. The van der Waals surface area contributed by atoms with E-state index in [1.807, 2.05) is 41.3 Å². The van der Waals surface area contributed by atoms with E-state index >= 15 is 0 Å². The van der Waals surface area contributed by atoms with Gasteiger partial charge in [0.15, 0.2) is 17.5 Å². The highest BCUT2D eigenvalue weighted by atomic mass is 35.5. The Hall–Kier alpha value is -3.10. The molecule has 6 rings (SSSR count). The van der Waals surface area contributed by atoms with Crippen molar-refractivity contribution in [3.8, 4) is 0 Å². The van der Waals surface area contributed by atoms with Crippen molar-refractivity contribution in [1.29, 1.82) is 0 Å². The SMILES string of the molecule is CC(=O)N1CCN(C2(C=O)Cc3ccc(Cl)cc3N2C2(Cc3cccc(Cl)c3)C(=O)Nc3cc(Cl)ccc32)CC1. The number of hydrogen-bond acceptors (Lipinski definition) is 5. The number of rotatable bonds is 5. The number of aldehydes is 1. The van der Waals surface area contributed by atoms with Gasteiger partial charge in [-0.15, -0.1) is 0 Å². The molecule has 2 atom stereocenters. The number of anilines is 2. The number of carbonyl (C=O) groups excluding carboxylic acids is 3. The largest absolute Gasteiger partial charge is 0.340 e. The third-order valence-electron chi connectivity index (χ3n) is 8.37. The fraction of sp³-hybridized carbons (Fsp3) is 0.300. The average molecular weight is 598 g/mol. The van der Waals surface area contributed by atoms with Crippen molar-refractivity contribution in [3.63, 3.8) is 0 Å². The molecule has 3 aromatic carbocycles. The van der Waals surface area contributed by atoms with Gasteiger partial charge >= 0.3 is 0 Å². The first-order valence-electron chi connectivity index (χ1n) is 13.1. The summed E-state index contributed by atoms with van der Waals surface area (Å²) >= 11 is 19.3. The molecule has 1 N–H and O–H groups in total. The minimum Gasteiger partial charge on any atom is -0.340 e. The van der Waals surface area contributed by atoms with Gasteiger partial charge in [0.2, 0.25) is 5.91 Å². The van der Waals surface area contributed by atoms with Gasteiger partial charge in [-0.3, -0.25) is 19.3 Å². The van der Waals surface area contributed by atoms with E-state index < -0.39 is 11.2 Å². The summed E-state index contributed by atoms with van der Waals surface area (Å²) in [5.74, 6) is -0.275. The van der Waals surface area contributed by atoms with Crippen LogP contribution in [0.25, 0.3) is 0 Å². The topological polar surface area (TPSA) is 73.0 Å². The molecule has 0 aromatic heterocycles. The molecular weight excluding hydrogens is 571 g/mol. The van der Waals surface area contributed by atoms with Crippen LogP contribution >= 0.6 is 34.8 Å². The van der Waals surface area contributed by atoms with Crippen LogP contribution < -0.4 is 10.2 Å². The van der Waals surface area contributed by atoms with Gasteiger partial charge in [-0.25, -0.2) is 0 Å². The van der Waals surface area contributed by atoms with E-state index in [9.17, 15) is 14.4 Å². The first-order chi connectivity index (χ1) is 19.2. The quantitative estimate of drug-likeness (QED) is 0.412. The van der Waals surface area contributed by atoms with Crippen molar-refractivity contribution in [2.45, 2.75) is 31.0 Å². The lowest BCUT2D eigenvalue weighted by atomic mass is 9.81. The number of amides is 2. The lowest BCUT2D eigenvalue weighted by Gasteiger charge is -2.53. The Morgan fingerprint density at radius 2 is 1.65 bits per heavy atom. The summed E-state index contributed by atoms with van der Waals surface area (Å²) in [6.45, 7) is 3.46. The number of piperazine rings is 1. The van der Waals surface area contributed by atoms with Crippen LogP contribution in [0.15, 0.2) is 60.7 Å². The first-order valence-corrected chi connectivity index (χ1v) is 14.2. The second kappa shape index (κ2) is 10.1. The van der Waals surface area contributed by atoms with Crippen LogP contribution in [0.3, 0.4) is 0 Å². The molecule has 3 aliphatic heterocycles. The zero-order chi connectivity index (χ0) is 28.2. The molecular formula is C30H27Cl3N4O3. The lowest BCUT2D eigenvalue weighted by molar-refractivity contribution is -0.133. The third kappa shape index (κ3) is 4.18. The average Bonchev–Trinajstić information content (AvgIpc) is 3.40. The Bertz CT molecular complexity index is 1540. The zero-order valence-electron chi connectivity index (χ0n) is 21.8. The Kier molecular flexibility index (Phi) is 6.82. The van der Waals surface area contributed by atoms with E-state index in [0.717, 1.165) is 17.4 Å². The number of nitrogens with one attached hydrogen (secondary N) is 1. The van der Waals surface area contributed by atoms with Gasteiger partial charge in [0, 0.05) is 78.0 Å². The second-order valence-electron chi connectivity index (χ2n) is 10.6. The highest BCUT2D eigenvalue weighted by Crippen LogP contribution is 2.54. The molecule has 206 valence electrons. The molecule has 0 saturated carbocycles. The molecule has 3 aliphatic rings. The predicted octanol–water partition coefficient (Wildman–Crippen LogP) is 5.16. The summed E-state index contributed by atoms with van der Waals surface area (Å²) in [6.07, 6.45) is 1.55. The van der Waals surface area contributed by atoms with Crippen molar-refractivity contribution in [3.05, 3.63) is 92.4 Å². The molecule has 40 heavy (non-hydrogen) atoms. The zero-order valence-corrected chi connectivity index (χ0v) is 24.1. The summed E-state index contributed by atoms with van der Waals surface area (Å²) in [5, 5.41) is 4.59. The third-order valence-corrected chi connectivity index (χ3v) is 9.07. The number of benzene rings is 3. The van der Waals surface area contributed by atoms with E-state index in [1.54, 1.807) is 36.1 Å². The van der Waals surface area contributed by atoms with E-state index in [0.29, 0.717) is 64.6 Å². The number of fused-ring (bicyclic) bond motifs is 2. The molecule has 1 saturated heterocycles. The molecule has 3 heterocycles. The normalized spacial score (nSPS) is 24.1. The lowest BCUT2D eigenvalue weighted by Crippen LogP contribution is -2.71. The van der Waals surface area contributed by atoms with E-state index in [4.69, 9.17) is 34.8 Å². The minimum atomic E-state index is -1.33. The highest BCUT2D eigenvalue weighted by molar-refractivity contribution is 6.31. The van der Waals surface area contributed by atoms with Gasteiger partial charge in [0.25, 0.3) is 5.91 Å². The summed E-state index contributed by atoms with van der Waals surface area (Å²) in [7, 11) is 0. The monoisotopic (exact) mass is 596 g/mol. The maximum atomic E-state index is 14.4. The van der Waals surface area contributed by atoms with Crippen molar-refractivity contribution in [2.24, 2.45) is 0 Å². The van der Waals surface area contributed by atoms with Crippen molar-refractivity contribution < 1.29 is 14.4 Å². The van der Waals surface area contributed by atoms with Crippen LogP contribution in [-0.4, -0.2) is 59.7 Å². The van der Waals surface area contributed by atoms with Crippen LogP contribution in [0, 0.1) is 0 Å². The van der Waals surface area contributed by atoms with Crippen LogP contribution in [0.2, 0.25) is 15.1 Å². The predicted molar refractivity (Wildman–Crippen MR) is 157 cm³/mol. The smallest absolute Gasteiger partial charge is 0.255 e. The standard InChI is InChI=1S/C30H27Cl3N4O3/c1-19(39)35-9-11-36(12-10-35)29(18-38)17-21-5-6-24(33)15-27(21)37(29)30(16-20-3-2-4-22(31)13-20)25-8-7-23(32)14-26(25)34-28(30)40/h2-8,13-15,18H,9-12,16-17H2,1H3,(H,34,40). The second-order valence-corrected chi connectivity index (χ2v) is 11.9. The molecule has 2 unspecified atom stereocenters. The van der Waals surface area contributed by atoms with Crippen molar-refractivity contribution in [1.82, 2.24) is 9.80 Å². The Labute approximate surface area is 247 Å². The molecule has 0 aliphatic carbocycles. The van der Waals surface area contributed by atoms with Gasteiger partial charge in [0.1, 0.15) is 0 Å². The van der Waals surface area contributed by atoms with E-state index in [2.05, 4.69) is 10.2 Å². The van der Waals surface area contributed by atoms with Gasteiger partial charge in [0.05, 0.1) is 0 Å². The van der Waals surface area contributed by atoms with Crippen LogP contribution in [0.1, 0.15) is 23.6 Å². The maximum Gasteiger partial charge on any atom is 0.255 e.